The van der Waals surface area contributed by atoms with Crippen molar-refractivity contribution in [2.45, 2.75) is 20.4 Å². The number of nitriles is 1. The Morgan fingerprint density at radius 1 is 1.27 bits per heavy atom. The predicted molar refractivity (Wildman–Crippen MR) is 101 cm³/mol. The van der Waals surface area contributed by atoms with Crippen LogP contribution in [0, 0.1) is 27.4 Å². The Kier molecular flexibility index (Phi) is 4.81. The predicted octanol–water partition coefficient (Wildman–Crippen LogP) is 4.66. The molecule has 0 aliphatic heterocycles. The van der Waals surface area contributed by atoms with Crippen LogP contribution in [-0.4, -0.2) is 14.5 Å². The van der Waals surface area contributed by atoms with Gasteiger partial charge in [0.2, 0.25) is 0 Å². The second-order valence-corrected chi connectivity index (χ2v) is 6.45. The Morgan fingerprint density at radius 3 is 2.58 bits per heavy atom. The molecule has 0 aliphatic carbocycles. The fourth-order valence-corrected chi connectivity index (χ4v) is 2.84. The number of non-ortho nitro benzene ring substituents is 1. The minimum Gasteiger partial charge on any atom is -0.323 e. The van der Waals surface area contributed by atoms with Gasteiger partial charge in [0.15, 0.2) is 5.82 Å². The summed E-state index contributed by atoms with van der Waals surface area (Å²) in [4.78, 5) is 15.0. The number of nitrogens with zero attached hydrogens (tertiary/aromatic N) is 4. The van der Waals surface area contributed by atoms with Crippen LogP contribution in [0.4, 0.5) is 5.69 Å². The highest BCUT2D eigenvalue weighted by Gasteiger charge is 2.15. The third-order valence-electron chi connectivity index (χ3n) is 3.98. The molecule has 26 heavy (non-hydrogen) atoms. The van der Waals surface area contributed by atoms with Crippen LogP contribution in [0.5, 0.6) is 0 Å². The number of nitro benzene ring substituents is 1. The molecule has 0 unspecified atom stereocenters. The van der Waals surface area contributed by atoms with Crippen molar-refractivity contribution in [2.75, 3.05) is 0 Å². The quantitative estimate of drug-likeness (QED) is 0.382. The highest BCUT2D eigenvalue weighted by molar-refractivity contribution is 5.91. The fourth-order valence-electron chi connectivity index (χ4n) is 2.84. The maximum Gasteiger partial charge on any atom is 0.269 e. The Labute approximate surface area is 151 Å². The molecule has 0 saturated carbocycles. The van der Waals surface area contributed by atoms with E-state index < -0.39 is 4.92 Å². The molecule has 0 bridgehead atoms. The number of nitro groups is 1. The van der Waals surface area contributed by atoms with Crippen molar-refractivity contribution in [1.29, 1.82) is 5.26 Å². The zero-order chi connectivity index (χ0) is 18.7. The standard InChI is InChI=1S/C20H18N4O2/c1-14(2)13-23-19-6-4-3-5-18(19)22-20(23)16(12-21)11-15-7-9-17(10-8-15)24(25)26/h3-11,14H,13H2,1-2H3. The molecular formula is C20H18N4O2. The van der Waals surface area contributed by atoms with Gasteiger partial charge in [-0.25, -0.2) is 4.98 Å². The van der Waals surface area contributed by atoms with E-state index in [9.17, 15) is 15.4 Å². The smallest absolute Gasteiger partial charge is 0.269 e. The van der Waals surface area contributed by atoms with Gasteiger partial charge >= 0.3 is 0 Å². The number of imidazole rings is 1. The Bertz CT molecular complexity index is 1020. The molecule has 0 aliphatic rings. The molecule has 0 spiro atoms. The molecule has 6 heteroatoms. The molecule has 0 amide bonds. The van der Waals surface area contributed by atoms with Crippen molar-refractivity contribution in [3.05, 3.63) is 70.0 Å². The Hall–Kier alpha value is -3.46. The maximum atomic E-state index is 10.8. The van der Waals surface area contributed by atoms with Gasteiger partial charge in [-0.1, -0.05) is 26.0 Å². The molecule has 1 heterocycles. The number of aromatic nitrogens is 2. The number of benzene rings is 2. The van der Waals surface area contributed by atoms with E-state index in [1.54, 1.807) is 18.2 Å². The average Bonchev–Trinajstić information content (AvgIpc) is 2.98. The molecule has 0 saturated heterocycles. The van der Waals surface area contributed by atoms with Gasteiger partial charge in [0, 0.05) is 18.7 Å². The van der Waals surface area contributed by atoms with Gasteiger partial charge in [0.1, 0.15) is 6.07 Å². The summed E-state index contributed by atoms with van der Waals surface area (Å²) in [5, 5.41) is 20.5. The summed E-state index contributed by atoms with van der Waals surface area (Å²) >= 11 is 0. The molecule has 0 atom stereocenters. The van der Waals surface area contributed by atoms with Crippen LogP contribution in [-0.2, 0) is 6.54 Å². The summed E-state index contributed by atoms with van der Waals surface area (Å²) in [5.74, 6) is 1.01. The monoisotopic (exact) mass is 346 g/mol. The Morgan fingerprint density at radius 2 is 1.96 bits per heavy atom. The van der Waals surface area contributed by atoms with E-state index >= 15 is 0 Å². The number of hydrogen-bond donors (Lipinski definition) is 0. The first kappa shape index (κ1) is 17.4. The van der Waals surface area contributed by atoms with Crippen molar-refractivity contribution in [3.63, 3.8) is 0 Å². The van der Waals surface area contributed by atoms with Gasteiger partial charge in [-0.15, -0.1) is 0 Å². The molecule has 3 aromatic rings. The molecule has 0 radical (unpaired) electrons. The summed E-state index contributed by atoms with van der Waals surface area (Å²) in [5.41, 5.74) is 2.99. The summed E-state index contributed by atoms with van der Waals surface area (Å²) in [6.45, 7) is 4.98. The molecule has 0 fully saturated rings. The van der Waals surface area contributed by atoms with Gasteiger partial charge in [-0.2, -0.15) is 5.26 Å². The van der Waals surface area contributed by atoms with Gasteiger partial charge < -0.3 is 4.57 Å². The average molecular weight is 346 g/mol. The van der Waals surface area contributed by atoms with Crippen LogP contribution in [0.3, 0.4) is 0 Å². The van der Waals surface area contributed by atoms with Crippen molar-refractivity contribution in [3.8, 4) is 6.07 Å². The molecule has 1 aromatic heterocycles. The SMILES string of the molecule is CC(C)Cn1c(C(C#N)=Cc2ccc([N+](=O)[O-])cc2)nc2ccccc21. The summed E-state index contributed by atoms with van der Waals surface area (Å²) in [7, 11) is 0. The normalized spacial score (nSPS) is 11.7. The summed E-state index contributed by atoms with van der Waals surface area (Å²) in [6.07, 6.45) is 1.71. The molecule has 2 aromatic carbocycles. The van der Waals surface area contributed by atoms with Crippen molar-refractivity contribution >= 4 is 28.4 Å². The van der Waals surface area contributed by atoms with E-state index in [0.717, 1.165) is 23.1 Å². The minimum atomic E-state index is -0.444. The minimum absolute atomic E-state index is 0.0210. The molecule has 3 rings (SSSR count). The summed E-state index contributed by atoms with van der Waals surface area (Å²) in [6, 6.07) is 16.1. The van der Waals surface area contributed by atoms with Gasteiger partial charge in [0.25, 0.3) is 5.69 Å². The summed E-state index contributed by atoms with van der Waals surface area (Å²) < 4.78 is 2.06. The van der Waals surface area contributed by atoms with Crippen LogP contribution in [0.1, 0.15) is 25.2 Å². The van der Waals surface area contributed by atoms with E-state index in [1.807, 2.05) is 24.3 Å². The molecule has 130 valence electrons. The Balaban J connectivity index is 2.10. The van der Waals surface area contributed by atoms with E-state index in [1.165, 1.54) is 12.1 Å². The third kappa shape index (κ3) is 3.47. The largest absolute Gasteiger partial charge is 0.323 e. The molecule has 0 N–H and O–H groups in total. The van der Waals surface area contributed by atoms with Gasteiger partial charge in [-0.3, -0.25) is 10.1 Å². The second kappa shape index (κ2) is 7.19. The van der Waals surface area contributed by atoms with Gasteiger partial charge in [-0.05, 0) is 41.8 Å². The van der Waals surface area contributed by atoms with Crippen LogP contribution >= 0.6 is 0 Å². The van der Waals surface area contributed by atoms with Crippen LogP contribution in [0.25, 0.3) is 22.7 Å². The second-order valence-electron chi connectivity index (χ2n) is 6.45. The maximum absolute atomic E-state index is 10.8. The lowest BCUT2D eigenvalue weighted by molar-refractivity contribution is -0.384. The van der Waals surface area contributed by atoms with E-state index in [4.69, 9.17) is 0 Å². The zero-order valence-electron chi connectivity index (χ0n) is 14.6. The number of hydrogen-bond acceptors (Lipinski definition) is 4. The molecular weight excluding hydrogens is 328 g/mol. The fraction of sp³-hybridized carbons (Fsp3) is 0.200. The van der Waals surface area contributed by atoms with Crippen molar-refractivity contribution in [1.82, 2.24) is 9.55 Å². The highest BCUT2D eigenvalue weighted by Crippen LogP contribution is 2.25. The van der Waals surface area contributed by atoms with Gasteiger partial charge in [0.05, 0.1) is 21.5 Å². The first-order valence-electron chi connectivity index (χ1n) is 8.31. The topological polar surface area (TPSA) is 84.8 Å². The lowest BCUT2D eigenvalue weighted by Crippen LogP contribution is -2.08. The van der Waals surface area contributed by atoms with Crippen LogP contribution in [0.15, 0.2) is 48.5 Å². The van der Waals surface area contributed by atoms with Crippen molar-refractivity contribution < 1.29 is 4.92 Å². The third-order valence-corrected chi connectivity index (χ3v) is 3.98. The number of rotatable bonds is 5. The first-order valence-corrected chi connectivity index (χ1v) is 8.31. The van der Waals surface area contributed by atoms with Crippen LogP contribution in [0.2, 0.25) is 0 Å². The number of fused-ring (bicyclic) bond motifs is 1. The zero-order valence-corrected chi connectivity index (χ0v) is 14.6. The lowest BCUT2D eigenvalue weighted by atomic mass is 10.1. The van der Waals surface area contributed by atoms with E-state index in [0.29, 0.717) is 17.3 Å². The number of allylic oxidation sites excluding steroid dienone is 1. The van der Waals surface area contributed by atoms with E-state index in [2.05, 4.69) is 29.5 Å². The van der Waals surface area contributed by atoms with E-state index in [-0.39, 0.29) is 5.69 Å². The first-order chi connectivity index (χ1) is 12.5. The van der Waals surface area contributed by atoms with Crippen LogP contribution < -0.4 is 0 Å². The highest BCUT2D eigenvalue weighted by atomic mass is 16.6. The number of para-hydroxylation sites is 2. The van der Waals surface area contributed by atoms with Crippen molar-refractivity contribution in [2.24, 2.45) is 5.92 Å². The molecule has 6 nitrogen and oxygen atoms in total. The lowest BCUT2D eigenvalue weighted by Gasteiger charge is -2.11.